The summed E-state index contributed by atoms with van der Waals surface area (Å²) in [5.41, 5.74) is 5.99. The minimum atomic E-state index is 0.219. The quantitative estimate of drug-likeness (QED) is 0.318. The smallest absolute Gasteiger partial charge is 0.203 e. The van der Waals surface area contributed by atoms with Crippen molar-refractivity contribution in [1.29, 1.82) is 0 Å². The highest BCUT2D eigenvalue weighted by Gasteiger charge is 2.19. The van der Waals surface area contributed by atoms with Gasteiger partial charge in [0.15, 0.2) is 11.5 Å². The topological polar surface area (TPSA) is 53.5 Å². The van der Waals surface area contributed by atoms with E-state index in [4.69, 9.17) is 24.2 Å². The van der Waals surface area contributed by atoms with Crippen LogP contribution in [0, 0.1) is 0 Å². The summed E-state index contributed by atoms with van der Waals surface area (Å²) in [6, 6.07) is 14.6. The summed E-state index contributed by atoms with van der Waals surface area (Å²) in [5.74, 6) is 2.40. The molecule has 0 aliphatic carbocycles. The Balaban J connectivity index is 2.02. The van der Waals surface area contributed by atoms with Gasteiger partial charge in [0.05, 0.1) is 38.1 Å². The van der Waals surface area contributed by atoms with E-state index in [0.29, 0.717) is 23.2 Å². The number of rotatable bonds is 6. The van der Waals surface area contributed by atoms with Crippen molar-refractivity contribution in [2.75, 3.05) is 21.3 Å². The average Bonchev–Trinajstić information content (AvgIpc) is 2.81. The molecule has 4 aromatic rings. The van der Waals surface area contributed by atoms with Crippen LogP contribution in [0.1, 0.15) is 50.9 Å². The summed E-state index contributed by atoms with van der Waals surface area (Å²) in [4.78, 5) is 10.1. The van der Waals surface area contributed by atoms with Crippen LogP contribution in [0.4, 0.5) is 0 Å². The van der Waals surface area contributed by atoms with Gasteiger partial charge in [-0.3, -0.25) is 4.98 Å². The SMILES string of the molecule is COc1cc(-c2cc3ccc4ccc(C(C)C)nc4c3nc2C(C)C)cc(OC)c1OC. The molecule has 5 heteroatoms. The molecule has 0 aliphatic rings. The third-order valence-electron chi connectivity index (χ3n) is 5.81. The Morgan fingerprint density at radius 1 is 0.656 bits per heavy atom. The Morgan fingerprint density at radius 2 is 1.25 bits per heavy atom. The highest BCUT2D eigenvalue weighted by Crippen LogP contribution is 2.43. The summed E-state index contributed by atoms with van der Waals surface area (Å²) in [5, 5.41) is 2.16. The summed E-state index contributed by atoms with van der Waals surface area (Å²) in [6.07, 6.45) is 0. The number of ether oxygens (including phenoxy) is 3. The van der Waals surface area contributed by atoms with Crippen LogP contribution in [0.5, 0.6) is 17.2 Å². The fourth-order valence-corrected chi connectivity index (χ4v) is 4.08. The van der Waals surface area contributed by atoms with Crippen LogP contribution in [0.15, 0.2) is 42.5 Å². The molecule has 0 radical (unpaired) electrons. The van der Waals surface area contributed by atoms with Crippen LogP contribution in [0.3, 0.4) is 0 Å². The van der Waals surface area contributed by atoms with Gasteiger partial charge in [0.25, 0.3) is 0 Å². The van der Waals surface area contributed by atoms with Crippen molar-refractivity contribution in [3.63, 3.8) is 0 Å². The maximum atomic E-state index is 5.59. The minimum Gasteiger partial charge on any atom is -0.493 e. The van der Waals surface area contributed by atoms with Crippen molar-refractivity contribution in [3.8, 4) is 28.4 Å². The second-order valence-corrected chi connectivity index (χ2v) is 8.59. The predicted molar refractivity (Wildman–Crippen MR) is 130 cm³/mol. The zero-order valence-corrected chi connectivity index (χ0v) is 19.8. The molecule has 0 N–H and O–H groups in total. The predicted octanol–water partition coefficient (Wildman–Crippen LogP) is 6.72. The van der Waals surface area contributed by atoms with Crippen molar-refractivity contribution < 1.29 is 14.2 Å². The van der Waals surface area contributed by atoms with Crippen LogP contribution < -0.4 is 14.2 Å². The van der Waals surface area contributed by atoms with Crippen molar-refractivity contribution in [3.05, 3.63) is 53.9 Å². The lowest BCUT2D eigenvalue weighted by atomic mass is 9.94. The number of hydrogen-bond donors (Lipinski definition) is 0. The first-order chi connectivity index (χ1) is 15.4. The molecule has 166 valence electrons. The lowest BCUT2D eigenvalue weighted by Gasteiger charge is -2.18. The Labute approximate surface area is 189 Å². The van der Waals surface area contributed by atoms with Crippen molar-refractivity contribution >= 4 is 21.8 Å². The molecule has 2 aromatic heterocycles. The maximum Gasteiger partial charge on any atom is 0.203 e. The lowest BCUT2D eigenvalue weighted by molar-refractivity contribution is 0.324. The molecule has 0 aliphatic heterocycles. The standard InChI is InChI=1S/C27H30N2O3/c1-15(2)21-11-10-17-8-9-18-12-20(24(16(3)4)29-26(18)25(17)28-21)19-13-22(30-5)27(32-7)23(14-19)31-6/h8-16H,1-7H3. The first-order valence-corrected chi connectivity index (χ1v) is 10.9. The van der Waals surface area contributed by atoms with Crippen LogP contribution in [0.2, 0.25) is 0 Å². The summed E-state index contributed by atoms with van der Waals surface area (Å²) < 4.78 is 16.7. The van der Waals surface area contributed by atoms with E-state index in [9.17, 15) is 0 Å². The average molecular weight is 431 g/mol. The van der Waals surface area contributed by atoms with Gasteiger partial charge in [-0.05, 0) is 41.7 Å². The number of aromatic nitrogens is 2. The third kappa shape index (κ3) is 3.72. The molecule has 0 atom stereocenters. The molecule has 2 heterocycles. The summed E-state index contributed by atoms with van der Waals surface area (Å²) >= 11 is 0. The Hall–Kier alpha value is -3.34. The van der Waals surface area contributed by atoms with Gasteiger partial charge in [-0.25, -0.2) is 4.98 Å². The Morgan fingerprint density at radius 3 is 1.81 bits per heavy atom. The van der Waals surface area contributed by atoms with Crippen LogP contribution >= 0.6 is 0 Å². The van der Waals surface area contributed by atoms with Crippen LogP contribution in [-0.4, -0.2) is 31.3 Å². The first kappa shape index (κ1) is 21.9. The van der Waals surface area contributed by atoms with Gasteiger partial charge in [0.1, 0.15) is 0 Å². The minimum absolute atomic E-state index is 0.219. The molecule has 2 aromatic carbocycles. The fourth-order valence-electron chi connectivity index (χ4n) is 4.08. The normalized spacial score (nSPS) is 11.5. The van der Waals surface area contributed by atoms with E-state index in [2.05, 4.69) is 58.0 Å². The molecule has 0 saturated heterocycles. The molecule has 0 fully saturated rings. The maximum absolute atomic E-state index is 5.59. The molecule has 0 unspecified atom stereocenters. The van der Waals surface area contributed by atoms with E-state index in [1.54, 1.807) is 21.3 Å². The van der Waals surface area contributed by atoms with E-state index >= 15 is 0 Å². The van der Waals surface area contributed by atoms with E-state index in [0.717, 1.165) is 44.3 Å². The van der Waals surface area contributed by atoms with Gasteiger partial charge in [0, 0.05) is 22.0 Å². The Bertz CT molecular complexity index is 1270. The fraction of sp³-hybridized carbons (Fsp3) is 0.333. The second-order valence-electron chi connectivity index (χ2n) is 8.59. The number of methoxy groups -OCH3 is 3. The van der Waals surface area contributed by atoms with E-state index in [1.807, 2.05) is 12.1 Å². The number of pyridine rings is 2. The monoisotopic (exact) mass is 430 g/mol. The number of fused-ring (bicyclic) bond motifs is 3. The van der Waals surface area contributed by atoms with Crippen molar-refractivity contribution in [1.82, 2.24) is 9.97 Å². The molecular weight excluding hydrogens is 400 g/mol. The molecule has 4 rings (SSSR count). The Kier molecular flexibility index (Phi) is 5.92. The largest absolute Gasteiger partial charge is 0.493 e. The van der Waals surface area contributed by atoms with Crippen LogP contribution in [-0.2, 0) is 0 Å². The molecule has 0 spiro atoms. The van der Waals surface area contributed by atoms with Crippen molar-refractivity contribution in [2.45, 2.75) is 39.5 Å². The molecule has 0 amide bonds. The first-order valence-electron chi connectivity index (χ1n) is 10.9. The van der Waals surface area contributed by atoms with Crippen molar-refractivity contribution in [2.24, 2.45) is 0 Å². The zero-order valence-electron chi connectivity index (χ0n) is 19.8. The highest BCUT2D eigenvalue weighted by atomic mass is 16.5. The van der Waals surface area contributed by atoms with Gasteiger partial charge in [0.2, 0.25) is 5.75 Å². The van der Waals surface area contributed by atoms with Gasteiger partial charge in [-0.15, -0.1) is 0 Å². The molecule has 32 heavy (non-hydrogen) atoms. The van der Waals surface area contributed by atoms with E-state index < -0.39 is 0 Å². The number of benzene rings is 2. The number of hydrogen-bond acceptors (Lipinski definition) is 5. The summed E-state index contributed by atoms with van der Waals surface area (Å²) in [6.45, 7) is 8.64. The van der Waals surface area contributed by atoms with Gasteiger partial charge in [-0.2, -0.15) is 0 Å². The molecule has 0 bridgehead atoms. The molecule has 0 saturated carbocycles. The second kappa shape index (κ2) is 8.65. The van der Waals surface area contributed by atoms with E-state index in [-0.39, 0.29) is 5.92 Å². The molecule has 5 nitrogen and oxygen atoms in total. The zero-order chi connectivity index (χ0) is 23.0. The number of nitrogens with zero attached hydrogens (tertiary/aromatic N) is 2. The lowest BCUT2D eigenvalue weighted by Crippen LogP contribution is -2.01. The van der Waals surface area contributed by atoms with E-state index in [1.165, 1.54) is 0 Å². The molecular formula is C27H30N2O3. The van der Waals surface area contributed by atoms with Gasteiger partial charge in [-0.1, -0.05) is 45.9 Å². The third-order valence-corrected chi connectivity index (χ3v) is 5.81. The van der Waals surface area contributed by atoms with Gasteiger partial charge < -0.3 is 14.2 Å². The highest BCUT2D eigenvalue weighted by molar-refractivity contribution is 6.04. The van der Waals surface area contributed by atoms with Gasteiger partial charge >= 0.3 is 0 Å². The van der Waals surface area contributed by atoms with Crippen LogP contribution in [0.25, 0.3) is 32.9 Å². The summed E-state index contributed by atoms with van der Waals surface area (Å²) in [7, 11) is 4.88.